The predicted octanol–water partition coefficient (Wildman–Crippen LogP) is 7.18. The lowest BCUT2D eigenvalue weighted by Gasteiger charge is -2.09. The molecule has 4 nitrogen and oxygen atoms in total. The van der Waals surface area contributed by atoms with Gasteiger partial charge in [-0.1, -0.05) is 78.0 Å². The lowest BCUT2D eigenvalue weighted by molar-refractivity contribution is 0.824. The van der Waals surface area contributed by atoms with E-state index in [0.29, 0.717) is 0 Å². The first-order valence-corrected chi connectivity index (χ1v) is 11.4. The van der Waals surface area contributed by atoms with Crippen LogP contribution in [0, 0.1) is 0 Å². The van der Waals surface area contributed by atoms with Crippen LogP contribution in [-0.4, -0.2) is 19.6 Å². The first-order chi connectivity index (χ1) is 16.9. The molecule has 2 aromatic heterocycles. The molecule has 7 rings (SSSR count). The van der Waals surface area contributed by atoms with Crippen molar-refractivity contribution in [3.05, 3.63) is 121 Å². The standard InChI is InChI=1S/C30H20N4/c1-2-8-23(9-3-1)33-28-12-6-4-10-25(28)26-19-16-22(20-30(26)33)21-14-17-24(18-15-21)34-29-13-7-5-11-27(29)31-32-34/h1-20H. The average Bonchev–Trinajstić information content (AvgIpc) is 3.48. The first-order valence-electron chi connectivity index (χ1n) is 11.4. The van der Waals surface area contributed by atoms with Gasteiger partial charge >= 0.3 is 0 Å². The molecule has 0 aliphatic carbocycles. The Bertz CT molecular complexity index is 1790. The Balaban J connectivity index is 1.37. The van der Waals surface area contributed by atoms with Crippen molar-refractivity contribution in [1.82, 2.24) is 19.6 Å². The Morgan fingerprint density at radius 2 is 1.15 bits per heavy atom. The van der Waals surface area contributed by atoms with Gasteiger partial charge in [0.05, 0.1) is 22.2 Å². The van der Waals surface area contributed by atoms with Gasteiger partial charge < -0.3 is 4.57 Å². The van der Waals surface area contributed by atoms with E-state index in [1.54, 1.807) is 0 Å². The van der Waals surface area contributed by atoms with Crippen molar-refractivity contribution in [2.24, 2.45) is 0 Å². The van der Waals surface area contributed by atoms with E-state index in [0.717, 1.165) is 16.7 Å². The number of nitrogens with zero attached hydrogens (tertiary/aromatic N) is 4. The molecular weight excluding hydrogens is 416 g/mol. The third-order valence-electron chi connectivity index (χ3n) is 6.49. The fourth-order valence-corrected chi connectivity index (χ4v) is 4.86. The molecule has 0 aliphatic heterocycles. The highest BCUT2D eigenvalue weighted by atomic mass is 15.4. The molecule has 5 aromatic carbocycles. The van der Waals surface area contributed by atoms with Crippen molar-refractivity contribution in [2.45, 2.75) is 0 Å². The smallest absolute Gasteiger partial charge is 0.113 e. The fourth-order valence-electron chi connectivity index (χ4n) is 4.86. The molecule has 0 saturated heterocycles. The van der Waals surface area contributed by atoms with Crippen LogP contribution in [0.5, 0.6) is 0 Å². The van der Waals surface area contributed by atoms with Crippen molar-refractivity contribution in [3.63, 3.8) is 0 Å². The van der Waals surface area contributed by atoms with Crippen LogP contribution >= 0.6 is 0 Å². The zero-order valence-electron chi connectivity index (χ0n) is 18.3. The molecular formula is C30H20N4. The van der Waals surface area contributed by atoms with Crippen LogP contribution in [0.1, 0.15) is 0 Å². The van der Waals surface area contributed by atoms with Crippen LogP contribution < -0.4 is 0 Å². The number of aromatic nitrogens is 4. The van der Waals surface area contributed by atoms with E-state index in [4.69, 9.17) is 0 Å². The minimum absolute atomic E-state index is 0.894. The van der Waals surface area contributed by atoms with Gasteiger partial charge in [0.1, 0.15) is 5.52 Å². The minimum Gasteiger partial charge on any atom is -0.309 e. The van der Waals surface area contributed by atoms with Gasteiger partial charge in [-0.05, 0) is 59.7 Å². The molecule has 0 aliphatic rings. The summed E-state index contributed by atoms with van der Waals surface area (Å²) >= 11 is 0. The summed E-state index contributed by atoms with van der Waals surface area (Å²) in [6.07, 6.45) is 0. The van der Waals surface area contributed by atoms with Crippen LogP contribution in [-0.2, 0) is 0 Å². The van der Waals surface area contributed by atoms with Gasteiger partial charge in [-0.2, -0.15) is 0 Å². The molecule has 0 atom stereocenters. The molecule has 2 heterocycles. The van der Waals surface area contributed by atoms with Crippen molar-refractivity contribution >= 4 is 32.8 Å². The fraction of sp³-hybridized carbons (Fsp3) is 0. The first kappa shape index (κ1) is 18.8. The van der Waals surface area contributed by atoms with E-state index in [1.165, 1.54) is 38.6 Å². The quantitative estimate of drug-likeness (QED) is 0.294. The highest BCUT2D eigenvalue weighted by molar-refractivity contribution is 6.10. The molecule has 34 heavy (non-hydrogen) atoms. The largest absolute Gasteiger partial charge is 0.309 e. The van der Waals surface area contributed by atoms with E-state index in [1.807, 2.05) is 28.9 Å². The Kier molecular flexibility index (Phi) is 4.11. The molecule has 0 radical (unpaired) electrons. The van der Waals surface area contributed by atoms with Crippen LogP contribution in [0.4, 0.5) is 0 Å². The van der Waals surface area contributed by atoms with Gasteiger partial charge in [0.25, 0.3) is 0 Å². The van der Waals surface area contributed by atoms with Gasteiger partial charge in [0, 0.05) is 16.5 Å². The number of hydrogen-bond acceptors (Lipinski definition) is 2. The average molecular weight is 437 g/mol. The van der Waals surface area contributed by atoms with Crippen molar-refractivity contribution < 1.29 is 0 Å². The SMILES string of the molecule is c1ccc(-n2c3ccccc3c3ccc(-c4ccc(-n5nnc6ccccc65)cc4)cc32)cc1. The summed E-state index contributed by atoms with van der Waals surface area (Å²) < 4.78 is 4.24. The number of para-hydroxylation sites is 3. The number of benzene rings is 5. The number of hydrogen-bond donors (Lipinski definition) is 0. The summed E-state index contributed by atoms with van der Waals surface area (Å²) in [5, 5.41) is 11.1. The van der Waals surface area contributed by atoms with Crippen LogP contribution in [0.15, 0.2) is 121 Å². The maximum Gasteiger partial charge on any atom is 0.113 e. The molecule has 0 amide bonds. The van der Waals surface area contributed by atoms with E-state index < -0.39 is 0 Å². The Labute approximate surface area is 196 Å². The second-order valence-corrected chi connectivity index (χ2v) is 8.46. The molecule has 160 valence electrons. The number of rotatable bonds is 3. The van der Waals surface area contributed by atoms with Crippen molar-refractivity contribution in [3.8, 4) is 22.5 Å². The molecule has 0 bridgehead atoms. The molecule has 0 fully saturated rings. The Morgan fingerprint density at radius 3 is 2.00 bits per heavy atom. The summed E-state index contributed by atoms with van der Waals surface area (Å²) in [4.78, 5) is 0. The molecule has 4 heteroatoms. The summed E-state index contributed by atoms with van der Waals surface area (Å²) in [6.45, 7) is 0. The van der Waals surface area contributed by atoms with Gasteiger partial charge in [-0.15, -0.1) is 5.10 Å². The maximum atomic E-state index is 4.34. The minimum atomic E-state index is 0.894. The Morgan fingerprint density at radius 1 is 0.471 bits per heavy atom. The predicted molar refractivity (Wildman–Crippen MR) is 139 cm³/mol. The monoisotopic (exact) mass is 436 g/mol. The zero-order valence-corrected chi connectivity index (χ0v) is 18.3. The number of fused-ring (bicyclic) bond motifs is 4. The van der Waals surface area contributed by atoms with Crippen LogP contribution in [0.2, 0.25) is 0 Å². The second-order valence-electron chi connectivity index (χ2n) is 8.46. The molecule has 0 N–H and O–H groups in total. The zero-order chi connectivity index (χ0) is 22.5. The molecule has 7 aromatic rings. The lowest BCUT2D eigenvalue weighted by atomic mass is 10.0. The van der Waals surface area contributed by atoms with Crippen molar-refractivity contribution in [1.29, 1.82) is 0 Å². The highest BCUT2D eigenvalue weighted by Crippen LogP contribution is 2.34. The van der Waals surface area contributed by atoms with E-state index >= 15 is 0 Å². The topological polar surface area (TPSA) is 35.6 Å². The third kappa shape index (κ3) is 2.86. The summed E-state index contributed by atoms with van der Waals surface area (Å²) in [6, 6.07) is 42.5. The van der Waals surface area contributed by atoms with E-state index in [2.05, 4.69) is 112 Å². The van der Waals surface area contributed by atoms with E-state index in [-0.39, 0.29) is 0 Å². The molecule has 0 unspecified atom stereocenters. The summed E-state index contributed by atoms with van der Waals surface area (Å²) in [5.41, 5.74) is 8.83. The van der Waals surface area contributed by atoms with E-state index in [9.17, 15) is 0 Å². The van der Waals surface area contributed by atoms with Crippen molar-refractivity contribution in [2.75, 3.05) is 0 Å². The summed E-state index contributed by atoms with van der Waals surface area (Å²) in [7, 11) is 0. The maximum absolute atomic E-state index is 4.34. The normalized spacial score (nSPS) is 11.5. The van der Waals surface area contributed by atoms with Gasteiger partial charge in [-0.25, -0.2) is 4.68 Å². The summed E-state index contributed by atoms with van der Waals surface area (Å²) in [5.74, 6) is 0. The Hall–Kier alpha value is -4.70. The second kappa shape index (κ2) is 7.42. The molecule has 0 saturated carbocycles. The van der Waals surface area contributed by atoms with Crippen LogP contribution in [0.25, 0.3) is 55.3 Å². The molecule has 0 spiro atoms. The van der Waals surface area contributed by atoms with Crippen LogP contribution in [0.3, 0.4) is 0 Å². The van der Waals surface area contributed by atoms with Gasteiger partial charge in [-0.3, -0.25) is 0 Å². The van der Waals surface area contributed by atoms with Gasteiger partial charge in [0.15, 0.2) is 0 Å². The highest BCUT2D eigenvalue weighted by Gasteiger charge is 2.13. The lowest BCUT2D eigenvalue weighted by Crippen LogP contribution is -1.96. The third-order valence-corrected chi connectivity index (χ3v) is 6.49. The van der Waals surface area contributed by atoms with Gasteiger partial charge in [0.2, 0.25) is 0 Å².